The first-order valence-corrected chi connectivity index (χ1v) is 6.12. The molecule has 0 saturated carbocycles. The Balaban J connectivity index is 0.00000196. The number of hydrogen-bond donors (Lipinski definition) is 1. The minimum atomic E-state index is 0. The maximum absolute atomic E-state index is 11.9. The zero-order valence-corrected chi connectivity index (χ0v) is 11.5. The van der Waals surface area contributed by atoms with E-state index in [4.69, 9.17) is 0 Å². The van der Waals surface area contributed by atoms with Crippen LogP contribution in [-0.2, 0) is 4.79 Å². The van der Waals surface area contributed by atoms with Crippen molar-refractivity contribution in [2.75, 3.05) is 25.2 Å². The summed E-state index contributed by atoms with van der Waals surface area (Å²) in [5.41, 5.74) is 0.177. The monoisotopic (exact) mass is 252 g/mol. The van der Waals surface area contributed by atoms with Gasteiger partial charge in [-0.05, 0) is 5.41 Å². The van der Waals surface area contributed by atoms with Gasteiger partial charge in [0.2, 0.25) is 5.91 Å². The fraction of sp³-hybridized carbons (Fsp3) is 0.900. The van der Waals surface area contributed by atoms with E-state index in [1.54, 1.807) is 11.8 Å². The van der Waals surface area contributed by atoms with Crippen LogP contribution in [0.4, 0.5) is 0 Å². The number of likely N-dealkylation sites (N-methyl/N-ethyl adjacent to an activating group) is 1. The summed E-state index contributed by atoms with van der Waals surface area (Å²) in [4.78, 5) is 13.7. The number of carbonyl (C=O) groups excluding carboxylic acids is 1. The lowest BCUT2D eigenvalue weighted by molar-refractivity contribution is -0.132. The van der Waals surface area contributed by atoms with Gasteiger partial charge in [-0.3, -0.25) is 10.1 Å². The van der Waals surface area contributed by atoms with Gasteiger partial charge >= 0.3 is 0 Å². The molecule has 0 aromatic heterocycles. The van der Waals surface area contributed by atoms with Crippen molar-refractivity contribution in [3.63, 3.8) is 0 Å². The van der Waals surface area contributed by atoms with E-state index in [1.807, 2.05) is 11.9 Å². The number of amides is 1. The molecule has 1 N–H and O–H groups in total. The fourth-order valence-electron chi connectivity index (χ4n) is 1.61. The molecule has 0 aromatic rings. The molecule has 1 fully saturated rings. The van der Waals surface area contributed by atoms with Gasteiger partial charge in [-0.2, -0.15) is 0 Å². The maximum Gasteiger partial charge on any atom is 0.240 e. The van der Waals surface area contributed by atoms with Crippen LogP contribution in [0.5, 0.6) is 0 Å². The molecule has 15 heavy (non-hydrogen) atoms. The Labute approximate surface area is 103 Å². The van der Waals surface area contributed by atoms with E-state index in [0.717, 1.165) is 18.2 Å². The van der Waals surface area contributed by atoms with Crippen LogP contribution >= 0.6 is 24.2 Å². The highest BCUT2D eigenvalue weighted by atomic mass is 35.5. The van der Waals surface area contributed by atoms with Crippen LogP contribution in [0.2, 0.25) is 0 Å². The van der Waals surface area contributed by atoms with Crippen LogP contribution in [0.1, 0.15) is 20.8 Å². The number of thioether (sulfide) groups is 1. The van der Waals surface area contributed by atoms with Crippen molar-refractivity contribution in [3.8, 4) is 0 Å². The maximum atomic E-state index is 11.9. The Kier molecular flexibility index (Phi) is 5.99. The van der Waals surface area contributed by atoms with Crippen LogP contribution in [0.25, 0.3) is 0 Å². The van der Waals surface area contributed by atoms with Crippen LogP contribution in [0, 0.1) is 5.41 Å². The molecule has 1 aliphatic heterocycles. The number of halogens is 1. The topological polar surface area (TPSA) is 32.3 Å². The van der Waals surface area contributed by atoms with Crippen LogP contribution in [-0.4, -0.2) is 42.1 Å². The highest BCUT2D eigenvalue weighted by Crippen LogP contribution is 2.17. The number of hydrogen-bond acceptors (Lipinski definition) is 3. The molecular weight excluding hydrogens is 232 g/mol. The molecule has 0 radical (unpaired) electrons. The quantitative estimate of drug-likeness (QED) is 0.810. The second-order valence-electron chi connectivity index (χ2n) is 5.03. The van der Waals surface area contributed by atoms with E-state index in [2.05, 4.69) is 26.1 Å². The standard InChI is InChI=1S/C10H20N2OS.ClH/c1-10(2,3)6-12(4)9(13)8-5-14-7-11-8;/h8,11H,5-7H2,1-4H3;1H. The Hall–Kier alpha value is 0.0700. The first kappa shape index (κ1) is 15.1. The van der Waals surface area contributed by atoms with Gasteiger partial charge in [0.25, 0.3) is 0 Å². The summed E-state index contributed by atoms with van der Waals surface area (Å²) in [6, 6.07) is 0.0346. The second-order valence-corrected chi connectivity index (χ2v) is 6.06. The smallest absolute Gasteiger partial charge is 0.240 e. The van der Waals surface area contributed by atoms with Crippen molar-refractivity contribution in [3.05, 3.63) is 0 Å². The summed E-state index contributed by atoms with van der Waals surface area (Å²) in [7, 11) is 1.89. The number of carbonyl (C=O) groups is 1. The lowest BCUT2D eigenvalue weighted by atomic mass is 9.96. The summed E-state index contributed by atoms with van der Waals surface area (Å²) in [5, 5.41) is 3.19. The Morgan fingerprint density at radius 2 is 2.13 bits per heavy atom. The average molecular weight is 253 g/mol. The molecule has 1 amide bonds. The van der Waals surface area contributed by atoms with E-state index < -0.39 is 0 Å². The normalized spacial score (nSPS) is 20.9. The average Bonchev–Trinajstić information content (AvgIpc) is 2.51. The van der Waals surface area contributed by atoms with E-state index in [-0.39, 0.29) is 29.8 Å². The summed E-state index contributed by atoms with van der Waals surface area (Å²) >= 11 is 1.79. The van der Waals surface area contributed by atoms with E-state index in [1.165, 1.54) is 0 Å². The van der Waals surface area contributed by atoms with Crippen molar-refractivity contribution in [2.24, 2.45) is 5.41 Å². The molecule has 1 unspecified atom stereocenters. The zero-order valence-electron chi connectivity index (χ0n) is 9.87. The summed E-state index contributed by atoms with van der Waals surface area (Å²) in [6.07, 6.45) is 0. The molecule has 0 spiro atoms. The highest BCUT2D eigenvalue weighted by molar-refractivity contribution is 7.99. The van der Waals surface area contributed by atoms with Crippen molar-refractivity contribution >= 4 is 30.1 Å². The van der Waals surface area contributed by atoms with E-state index in [9.17, 15) is 4.79 Å². The largest absolute Gasteiger partial charge is 0.344 e. The SMILES string of the molecule is CN(CC(C)(C)C)C(=O)C1CSCN1.Cl. The molecule has 5 heteroatoms. The van der Waals surface area contributed by atoms with Crippen molar-refractivity contribution in [1.82, 2.24) is 10.2 Å². The van der Waals surface area contributed by atoms with Gasteiger partial charge in [-0.1, -0.05) is 20.8 Å². The van der Waals surface area contributed by atoms with Crippen LogP contribution < -0.4 is 5.32 Å². The number of nitrogens with zero attached hydrogens (tertiary/aromatic N) is 1. The van der Waals surface area contributed by atoms with Gasteiger partial charge < -0.3 is 4.90 Å². The molecule has 0 aromatic carbocycles. The number of rotatable bonds is 2. The molecule has 0 bridgehead atoms. The summed E-state index contributed by atoms with van der Waals surface area (Å²) < 4.78 is 0. The number of nitrogens with one attached hydrogen (secondary N) is 1. The Morgan fingerprint density at radius 1 is 1.53 bits per heavy atom. The predicted octanol–water partition coefficient (Wildman–Crippen LogP) is 1.58. The molecule has 1 saturated heterocycles. The molecular formula is C10H21ClN2OS. The van der Waals surface area contributed by atoms with Gasteiger partial charge in [0, 0.05) is 25.2 Å². The Bertz CT molecular complexity index is 212. The van der Waals surface area contributed by atoms with E-state index in [0.29, 0.717) is 0 Å². The minimum Gasteiger partial charge on any atom is -0.344 e. The molecule has 1 aliphatic rings. The van der Waals surface area contributed by atoms with Gasteiger partial charge in [-0.15, -0.1) is 24.2 Å². The van der Waals surface area contributed by atoms with Gasteiger partial charge in [0.05, 0.1) is 6.04 Å². The zero-order chi connectivity index (χ0) is 10.8. The second kappa shape index (κ2) is 5.97. The van der Waals surface area contributed by atoms with Crippen LogP contribution in [0.15, 0.2) is 0 Å². The van der Waals surface area contributed by atoms with Gasteiger partial charge in [0.15, 0.2) is 0 Å². The van der Waals surface area contributed by atoms with Crippen LogP contribution in [0.3, 0.4) is 0 Å². The first-order valence-electron chi connectivity index (χ1n) is 4.96. The fourth-order valence-corrected chi connectivity index (χ4v) is 2.54. The molecule has 1 heterocycles. The third kappa shape index (κ3) is 5.09. The molecule has 90 valence electrons. The molecule has 0 aliphatic carbocycles. The lowest BCUT2D eigenvalue weighted by Gasteiger charge is -2.28. The lowest BCUT2D eigenvalue weighted by Crippen LogP contribution is -2.45. The van der Waals surface area contributed by atoms with Gasteiger partial charge in [0.1, 0.15) is 0 Å². The molecule has 1 atom stereocenters. The Morgan fingerprint density at radius 3 is 2.53 bits per heavy atom. The van der Waals surface area contributed by atoms with Gasteiger partial charge in [-0.25, -0.2) is 0 Å². The predicted molar refractivity (Wildman–Crippen MR) is 68.6 cm³/mol. The molecule has 3 nitrogen and oxygen atoms in total. The third-order valence-corrected chi connectivity index (χ3v) is 3.04. The first-order chi connectivity index (χ1) is 6.40. The summed E-state index contributed by atoms with van der Waals surface area (Å²) in [5.74, 6) is 2.04. The van der Waals surface area contributed by atoms with Crippen molar-refractivity contribution in [2.45, 2.75) is 26.8 Å². The van der Waals surface area contributed by atoms with Crippen molar-refractivity contribution < 1.29 is 4.79 Å². The summed E-state index contributed by atoms with van der Waals surface area (Å²) in [6.45, 7) is 7.25. The third-order valence-electron chi connectivity index (χ3n) is 2.10. The highest BCUT2D eigenvalue weighted by Gasteiger charge is 2.27. The van der Waals surface area contributed by atoms with E-state index >= 15 is 0 Å². The molecule has 1 rings (SSSR count). The van der Waals surface area contributed by atoms with Crippen molar-refractivity contribution in [1.29, 1.82) is 0 Å². The minimum absolute atomic E-state index is 0.